The standard InChI is InChI=1S/C20H27N3O3.ClH/c1-14-18(15(2)26-22-14)13-25-19-9-5-4-8-17(19)20(24)23-10-6-7-16(12-23)11-21-3;/h4-5,8-9,16,21H,6-7,10-13H2,1-3H3;1H. The molecule has 27 heavy (non-hydrogen) atoms. The van der Waals surface area contributed by atoms with Crippen LogP contribution in [-0.4, -0.2) is 42.6 Å². The normalized spacial score (nSPS) is 16.7. The maximum Gasteiger partial charge on any atom is 0.257 e. The first-order valence-electron chi connectivity index (χ1n) is 9.17. The number of amides is 1. The fraction of sp³-hybridized carbons (Fsp3) is 0.500. The molecule has 3 rings (SSSR count). The lowest BCUT2D eigenvalue weighted by Gasteiger charge is -2.33. The number of halogens is 1. The zero-order valence-corrected chi connectivity index (χ0v) is 17.0. The van der Waals surface area contributed by atoms with Crippen LogP contribution in [0.2, 0.25) is 0 Å². The lowest BCUT2D eigenvalue weighted by Crippen LogP contribution is -2.42. The van der Waals surface area contributed by atoms with E-state index < -0.39 is 0 Å². The minimum absolute atomic E-state index is 0. The van der Waals surface area contributed by atoms with Gasteiger partial charge in [-0.3, -0.25) is 4.79 Å². The molecule has 2 aromatic rings. The summed E-state index contributed by atoms with van der Waals surface area (Å²) in [6.07, 6.45) is 2.20. The van der Waals surface area contributed by atoms with Gasteiger partial charge in [0.15, 0.2) is 0 Å². The van der Waals surface area contributed by atoms with Crippen molar-refractivity contribution in [2.75, 3.05) is 26.7 Å². The van der Waals surface area contributed by atoms with E-state index in [2.05, 4.69) is 10.5 Å². The van der Waals surface area contributed by atoms with Crippen molar-refractivity contribution in [1.29, 1.82) is 0 Å². The smallest absolute Gasteiger partial charge is 0.257 e. The Bertz CT molecular complexity index is 741. The van der Waals surface area contributed by atoms with Crippen LogP contribution in [0, 0.1) is 19.8 Å². The molecule has 1 unspecified atom stereocenters. The number of rotatable bonds is 6. The number of nitrogens with one attached hydrogen (secondary N) is 1. The van der Waals surface area contributed by atoms with E-state index >= 15 is 0 Å². The number of piperidine rings is 1. The van der Waals surface area contributed by atoms with Gasteiger partial charge in [0.25, 0.3) is 5.91 Å². The monoisotopic (exact) mass is 393 g/mol. The van der Waals surface area contributed by atoms with Crippen LogP contribution >= 0.6 is 12.4 Å². The zero-order chi connectivity index (χ0) is 18.5. The molecule has 0 spiro atoms. The Morgan fingerprint density at radius 2 is 2.15 bits per heavy atom. The molecule has 1 aromatic heterocycles. The Labute approximate surface area is 166 Å². The van der Waals surface area contributed by atoms with E-state index in [1.54, 1.807) is 0 Å². The summed E-state index contributed by atoms with van der Waals surface area (Å²) in [5.74, 6) is 1.90. The summed E-state index contributed by atoms with van der Waals surface area (Å²) in [6, 6.07) is 7.46. The second-order valence-electron chi connectivity index (χ2n) is 6.90. The van der Waals surface area contributed by atoms with Gasteiger partial charge in [0, 0.05) is 13.1 Å². The van der Waals surface area contributed by atoms with Gasteiger partial charge in [0.05, 0.1) is 16.8 Å². The van der Waals surface area contributed by atoms with Gasteiger partial charge >= 0.3 is 0 Å². The molecule has 0 radical (unpaired) electrons. The van der Waals surface area contributed by atoms with Crippen molar-refractivity contribution in [2.24, 2.45) is 5.92 Å². The zero-order valence-electron chi connectivity index (χ0n) is 16.2. The third-order valence-corrected chi connectivity index (χ3v) is 4.97. The molecule has 1 saturated heterocycles. The SMILES string of the molecule is CNCC1CCCN(C(=O)c2ccccc2OCc2c(C)noc2C)C1.Cl. The number of hydrogen-bond acceptors (Lipinski definition) is 5. The Balaban J connectivity index is 0.00000261. The van der Waals surface area contributed by atoms with Crippen LogP contribution in [0.5, 0.6) is 5.75 Å². The summed E-state index contributed by atoms with van der Waals surface area (Å²) < 4.78 is 11.1. The number of aromatic nitrogens is 1. The van der Waals surface area contributed by atoms with E-state index in [-0.39, 0.29) is 18.3 Å². The van der Waals surface area contributed by atoms with Crippen LogP contribution < -0.4 is 10.1 Å². The summed E-state index contributed by atoms with van der Waals surface area (Å²) in [6.45, 7) is 6.63. The molecular formula is C20H28ClN3O3. The van der Waals surface area contributed by atoms with Crippen LogP contribution in [0.25, 0.3) is 0 Å². The molecule has 1 N–H and O–H groups in total. The van der Waals surface area contributed by atoms with Crippen molar-refractivity contribution in [3.05, 3.63) is 46.8 Å². The van der Waals surface area contributed by atoms with Gasteiger partial charge in [-0.05, 0) is 58.3 Å². The molecule has 0 saturated carbocycles. The minimum Gasteiger partial charge on any atom is -0.488 e. The van der Waals surface area contributed by atoms with Gasteiger partial charge in [-0.15, -0.1) is 12.4 Å². The van der Waals surface area contributed by atoms with Gasteiger partial charge in [-0.1, -0.05) is 17.3 Å². The predicted octanol–water partition coefficient (Wildman–Crippen LogP) is 3.36. The molecule has 1 aromatic carbocycles. The van der Waals surface area contributed by atoms with E-state index in [9.17, 15) is 4.79 Å². The Kier molecular flexibility index (Phi) is 7.68. The van der Waals surface area contributed by atoms with Gasteiger partial charge < -0.3 is 19.5 Å². The van der Waals surface area contributed by atoms with Crippen LogP contribution in [0.3, 0.4) is 0 Å². The van der Waals surface area contributed by atoms with Gasteiger partial charge in [0.2, 0.25) is 0 Å². The molecule has 7 heteroatoms. The van der Waals surface area contributed by atoms with E-state index in [0.29, 0.717) is 23.8 Å². The molecule has 148 valence electrons. The predicted molar refractivity (Wildman–Crippen MR) is 107 cm³/mol. The first-order valence-corrected chi connectivity index (χ1v) is 9.17. The van der Waals surface area contributed by atoms with Gasteiger partial charge in [0.1, 0.15) is 18.1 Å². The van der Waals surface area contributed by atoms with Gasteiger partial charge in [-0.25, -0.2) is 0 Å². The van der Waals surface area contributed by atoms with Crippen molar-refractivity contribution >= 4 is 18.3 Å². The maximum absolute atomic E-state index is 13.1. The number of ether oxygens (including phenoxy) is 1. The van der Waals surface area contributed by atoms with Crippen LogP contribution in [-0.2, 0) is 6.61 Å². The second kappa shape index (κ2) is 9.76. The summed E-state index contributed by atoms with van der Waals surface area (Å²) >= 11 is 0. The highest BCUT2D eigenvalue weighted by atomic mass is 35.5. The largest absolute Gasteiger partial charge is 0.488 e. The number of nitrogens with zero attached hydrogens (tertiary/aromatic N) is 2. The fourth-order valence-electron chi connectivity index (χ4n) is 3.50. The molecular weight excluding hydrogens is 366 g/mol. The fourth-order valence-corrected chi connectivity index (χ4v) is 3.50. The van der Waals surface area contributed by atoms with Crippen molar-refractivity contribution in [2.45, 2.75) is 33.3 Å². The van der Waals surface area contributed by atoms with E-state index in [0.717, 1.165) is 49.5 Å². The molecule has 2 heterocycles. The number of hydrogen-bond donors (Lipinski definition) is 1. The number of likely N-dealkylation sites (tertiary alicyclic amines) is 1. The molecule has 1 aliphatic rings. The van der Waals surface area contributed by atoms with Crippen LogP contribution in [0.1, 0.15) is 40.2 Å². The van der Waals surface area contributed by atoms with Crippen LogP contribution in [0.4, 0.5) is 0 Å². The Hall–Kier alpha value is -2.05. The number of aryl methyl sites for hydroxylation is 2. The average molecular weight is 394 g/mol. The lowest BCUT2D eigenvalue weighted by atomic mass is 9.97. The topological polar surface area (TPSA) is 67.6 Å². The molecule has 0 aliphatic carbocycles. The number of para-hydroxylation sites is 1. The summed E-state index contributed by atoms with van der Waals surface area (Å²) in [4.78, 5) is 15.0. The van der Waals surface area contributed by atoms with Crippen LogP contribution in [0.15, 0.2) is 28.8 Å². The Morgan fingerprint density at radius 3 is 2.85 bits per heavy atom. The average Bonchev–Trinajstić information content (AvgIpc) is 2.98. The van der Waals surface area contributed by atoms with Crippen molar-refractivity contribution in [1.82, 2.24) is 15.4 Å². The summed E-state index contributed by atoms with van der Waals surface area (Å²) in [7, 11) is 1.96. The van der Waals surface area contributed by atoms with Crippen molar-refractivity contribution < 1.29 is 14.1 Å². The quantitative estimate of drug-likeness (QED) is 0.815. The number of benzene rings is 1. The highest BCUT2D eigenvalue weighted by molar-refractivity contribution is 5.97. The molecule has 1 fully saturated rings. The summed E-state index contributed by atoms with van der Waals surface area (Å²) in [5.41, 5.74) is 2.36. The third kappa shape index (κ3) is 5.02. The highest BCUT2D eigenvalue weighted by Crippen LogP contribution is 2.25. The number of carbonyl (C=O) groups is 1. The minimum atomic E-state index is 0. The van der Waals surface area contributed by atoms with E-state index in [1.807, 2.05) is 50.1 Å². The third-order valence-electron chi connectivity index (χ3n) is 4.97. The highest BCUT2D eigenvalue weighted by Gasteiger charge is 2.26. The lowest BCUT2D eigenvalue weighted by molar-refractivity contribution is 0.0669. The molecule has 6 nitrogen and oxygen atoms in total. The first-order chi connectivity index (χ1) is 12.6. The van der Waals surface area contributed by atoms with E-state index in [1.165, 1.54) is 0 Å². The number of carbonyl (C=O) groups excluding carboxylic acids is 1. The van der Waals surface area contributed by atoms with Crippen molar-refractivity contribution in [3.63, 3.8) is 0 Å². The molecule has 1 atom stereocenters. The maximum atomic E-state index is 13.1. The molecule has 1 amide bonds. The van der Waals surface area contributed by atoms with Gasteiger partial charge in [-0.2, -0.15) is 0 Å². The second-order valence-corrected chi connectivity index (χ2v) is 6.90. The van der Waals surface area contributed by atoms with E-state index in [4.69, 9.17) is 9.26 Å². The van der Waals surface area contributed by atoms with Crippen molar-refractivity contribution in [3.8, 4) is 5.75 Å². The first kappa shape index (κ1) is 21.3. The molecule has 1 aliphatic heterocycles. The summed E-state index contributed by atoms with van der Waals surface area (Å²) in [5, 5.41) is 7.17. The molecule has 0 bridgehead atoms. The Morgan fingerprint density at radius 1 is 1.37 bits per heavy atom.